The van der Waals surface area contributed by atoms with Crippen LogP contribution in [0, 0.1) is 5.41 Å². The highest BCUT2D eigenvalue weighted by atomic mass is 35.5. The lowest BCUT2D eigenvalue weighted by Crippen LogP contribution is -2.41. The summed E-state index contributed by atoms with van der Waals surface area (Å²) in [6, 6.07) is 2.97. The molecule has 98 valence electrons. The zero-order valence-electron chi connectivity index (χ0n) is 9.68. The van der Waals surface area contributed by atoms with Gasteiger partial charge in [-0.05, 0) is 26.0 Å². The molecule has 1 rings (SSSR count). The van der Waals surface area contributed by atoms with Crippen molar-refractivity contribution in [2.24, 2.45) is 11.1 Å². The fraction of sp³-hybridized carbons (Fsp3) is 0.273. The molecule has 0 heterocycles. The second-order valence-corrected chi connectivity index (χ2v) is 5.88. The third kappa shape index (κ3) is 3.26. The first-order valence-corrected chi connectivity index (χ1v) is 6.46. The minimum atomic E-state index is -0.998. The Balaban J connectivity index is 3.07. The molecule has 0 aliphatic carbocycles. The highest BCUT2D eigenvalue weighted by Crippen LogP contribution is 2.34. The summed E-state index contributed by atoms with van der Waals surface area (Å²) in [4.78, 5) is 12.1. The second-order valence-electron chi connectivity index (χ2n) is 4.19. The maximum atomic E-state index is 12.0. The molecule has 1 aromatic carbocycles. The molecular weight excluding hydrogens is 315 g/mol. The lowest BCUT2D eigenvalue weighted by Gasteiger charge is -2.22. The van der Waals surface area contributed by atoms with E-state index in [2.05, 4.69) is 5.32 Å². The lowest BCUT2D eigenvalue weighted by molar-refractivity contribution is -0.121. The zero-order valence-corrected chi connectivity index (χ0v) is 12.8. The van der Waals surface area contributed by atoms with Gasteiger partial charge >= 0.3 is 0 Å². The Kier molecular flexibility index (Phi) is 4.84. The molecule has 3 N–H and O–H groups in total. The molecule has 3 nitrogen and oxygen atoms in total. The predicted octanol–water partition coefficient (Wildman–Crippen LogP) is 3.90. The summed E-state index contributed by atoms with van der Waals surface area (Å²) >= 11 is 22.5. The van der Waals surface area contributed by atoms with Gasteiger partial charge in [-0.3, -0.25) is 4.79 Å². The molecule has 0 fully saturated rings. The second kappa shape index (κ2) is 5.61. The third-order valence-electron chi connectivity index (χ3n) is 2.43. The Hall–Kier alpha value is -0.550. The van der Waals surface area contributed by atoms with Crippen LogP contribution in [0.25, 0.3) is 0 Å². The van der Waals surface area contributed by atoms with Crippen molar-refractivity contribution in [1.82, 2.24) is 0 Å². The van der Waals surface area contributed by atoms with E-state index in [0.717, 1.165) is 0 Å². The fourth-order valence-corrected chi connectivity index (χ4v) is 2.05. The van der Waals surface area contributed by atoms with Crippen molar-refractivity contribution in [3.8, 4) is 0 Å². The van der Waals surface area contributed by atoms with Crippen molar-refractivity contribution in [3.63, 3.8) is 0 Å². The number of thiocarbonyl (C=S) groups is 1. The molecule has 18 heavy (non-hydrogen) atoms. The summed E-state index contributed by atoms with van der Waals surface area (Å²) in [7, 11) is 0. The number of nitrogens with one attached hydrogen (secondary N) is 1. The van der Waals surface area contributed by atoms with Crippen LogP contribution in [0.1, 0.15) is 13.8 Å². The minimum Gasteiger partial charge on any atom is -0.392 e. The van der Waals surface area contributed by atoms with Gasteiger partial charge in [-0.25, -0.2) is 0 Å². The quantitative estimate of drug-likeness (QED) is 0.829. The zero-order chi connectivity index (χ0) is 14.1. The number of carbonyl (C=O) groups excluding carboxylic acids is 1. The smallest absolute Gasteiger partial charge is 0.236 e. The summed E-state index contributed by atoms with van der Waals surface area (Å²) in [6.45, 7) is 3.23. The van der Waals surface area contributed by atoms with E-state index in [1.165, 1.54) is 12.1 Å². The molecule has 0 aromatic heterocycles. The van der Waals surface area contributed by atoms with Gasteiger partial charge in [0.15, 0.2) is 0 Å². The minimum absolute atomic E-state index is 0.0845. The summed E-state index contributed by atoms with van der Waals surface area (Å²) in [6.07, 6.45) is 0. The number of nitrogens with two attached hydrogens (primary N) is 1. The molecule has 0 aliphatic rings. The first kappa shape index (κ1) is 15.5. The third-order valence-corrected chi connectivity index (χ3v) is 3.75. The van der Waals surface area contributed by atoms with Crippen molar-refractivity contribution >= 4 is 63.6 Å². The van der Waals surface area contributed by atoms with E-state index in [1.807, 2.05) is 0 Å². The van der Waals surface area contributed by atoms with Crippen LogP contribution in [0.2, 0.25) is 15.1 Å². The van der Waals surface area contributed by atoms with Crippen LogP contribution >= 0.6 is 47.0 Å². The van der Waals surface area contributed by atoms with Crippen LogP contribution in [-0.2, 0) is 4.79 Å². The number of amides is 1. The Morgan fingerprint density at radius 3 is 2.11 bits per heavy atom. The molecule has 0 saturated heterocycles. The molecule has 0 bridgehead atoms. The van der Waals surface area contributed by atoms with Crippen molar-refractivity contribution in [2.45, 2.75) is 13.8 Å². The van der Waals surface area contributed by atoms with Gasteiger partial charge in [-0.15, -0.1) is 0 Å². The molecule has 1 amide bonds. The number of benzene rings is 1. The van der Waals surface area contributed by atoms with Gasteiger partial charge in [0.1, 0.15) is 0 Å². The maximum absolute atomic E-state index is 12.0. The van der Waals surface area contributed by atoms with Crippen molar-refractivity contribution < 1.29 is 4.79 Å². The largest absolute Gasteiger partial charge is 0.392 e. The average Bonchev–Trinajstić information content (AvgIpc) is 2.22. The molecule has 7 heteroatoms. The van der Waals surface area contributed by atoms with E-state index >= 15 is 0 Å². The van der Waals surface area contributed by atoms with Crippen LogP contribution in [0.15, 0.2) is 12.1 Å². The summed E-state index contributed by atoms with van der Waals surface area (Å²) < 4.78 is 0. The van der Waals surface area contributed by atoms with Crippen LogP contribution in [0.3, 0.4) is 0 Å². The van der Waals surface area contributed by atoms with Gasteiger partial charge in [0.25, 0.3) is 0 Å². The fourth-order valence-electron chi connectivity index (χ4n) is 1.04. The number of anilines is 1. The first-order valence-electron chi connectivity index (χ1n) is 4.92. The van der Waals surface area contributed by atoms with Crippen molar-refractivity contribution in [3.05, 3.63) is 27.2 Å². The van der Waals surface area contributed by atoms with Crippen LogP contribution < -0.4 is 11.1 Å². The van der Waals surface area contributed by atoms with E-state index in [1.54, 1.807) is 13.8 Å². The summed E-state index contributed by atoms with van der Waals surface area (Å²) in [5, 5.41) is 3.48. The van der Waals surface area contributed by atoms with Gasteiger partial charge < -0.3 is 11.1 Å². The maximum Gasteiger partial charge on any atom is 0.236 e. The SMILES string of the molecule is CC(C)(C(=O)Nc1c(Cl)cc(Cl)cc1Cl)C(N)=S. The highest BCUT2D eigenvalue weighted by Gasteiger charge is 2.31. The molecule has 0 aliphatic heterocycles. The van der Waals surface area contributed by atoms with E-state index < -0.39 is 5.41 Å². The topological polar surface area (TPSA) is 55.1 Å². The normalized spacial score (nSPS) is 11.2. The van der Waals surface area contributed by atoms with E-state index in [9.17, 15) is 4.79 Å². The molecule has 1 aromatic rings. The molecule has 0 radical (unpaired) electrons. The molecule has 0 spiro atoms. The lowest BCUT2D eigenvalue weighted by atomic mass is 9.92. The van der Waals surface area contributed by atoms with Crippen LogP contribution in [0.5, 0.6) is 0 Å². The number of halogens is 3. The Bertz CT molecular complexity index is 494. The van der Waals surface area contributed by atoms with Crippen LogP contribution in [-0.4, -0.2) is 10.9 Å². The molecule has 0 saturated carbocycles. The average molecular weight is 326 g/mol. The molecule has 0 unspecified atom stereocenters. The number of rotatable bonds is 3. The Morgan fingerprint density at radius 2 is 1.72 bits per heavy atom. The van der Waals surface area contributed by atoms with E-state index in [4.69, 9.17) is 52.8 Å². The van der Waals surface area contributed by atoms with Gasteiger partial charge in [-0.2, -0.15) is 0 Å². The molecule has 0 atom stereocenters. The van der Waals surface area contributed by atoms with Crippen LogP contribution in [0.4, 0.5) is 5.69 Å². The number of hydrogen-bond donors (Lipinski definition) is 2. The first-order chi connectivity index (χ1) is 8.16. The Morgan fingerprint density at radius 1 is 1.28 bits per heavy atom. The van der Waals surface area contributed by atoms with Gasteiger partial charge in [-0.1, -0.05) is 47.0 Å². The number of carbonyl (C=O) groups is 1. The Labute approximate surface area is 126 Å². The molecular formula is C11H11Cl3N2OS. The van der Waals surface area contributed by atoms with Gasteiger partial charge in [0, 0.05) is 5.02 Å². The van der Waals surface area contributed by atoms with E-state index in [-0.39, 0.29) is 26.6 Å². The summed E-state index contributed by atoms with van der Waals surface area (Å²) in [5.41, 5.74) is 4.80. The summed E-state index contributed by atoms with van der Waals surface area (Å²) in [5.74, 6) is -0.388. The van der Waals surface area contributed by atoms with Crippen molar-refractivity contribution in [2.75, 3.05) is 5.32 Å². The van der Waals surface area contributed by atoms with E-state index in [0.29, 0.717) is 5.02 Å². The number of hydrogen-bond acceptors (Lipinski definition) is 2. The van der Waals surface area contributed by atoms with Gasteiger partial charge in [0.05, 0.1) is 26.1 Å². The van der Waals surface area contributed by atoms with Gasteiger partial charge in [0.2, 0.25) is 5.91 Å². The monoisotopic (exact) mass is 324 g/mol. The standard InChI is InChI=1S/C11H11Cl3N2OS/c1-11(2,9(15)18)10(17)16-8-6(13)3-5(12)4-7(8)14/h3-4H,1-2H3,(H2,15,18)(H,16,17). The highest BCUT2D eigenvalue weighted by molar-refractivity contribution is 7.80. The van der Waals surface area contributed by atoms with Crippen molar-refractivity contribution in [1.29, 1.82) is 0 Å². The predicted molar refractivity (Wildman–Crippen MR) is 80.7 cm³/mol.